The van der Waals surface area contributed by atoms with Gasteiger partial charge in [0.25, 0.3) is 11.8 Å². The highest BCUT2D eigenvalue weighted by atomic mass is 35.5. The Labute approximate surface area is 266 Å². The first-order chi connectivity index (χ1) is 21.4. The van der Waals surface area contributed by atoms with Crippen LogP contribution in [-0.4, -0.2) is 73.3 Å². The summed E-state index contributed by atoms with van der Waals surface area (Å²) < 4.78 is 16.9. The van der Waals surface area contributed by atoms with Crippen LogP contribution in [0, 0.1) is 5.41 Å². The average Bonchev–Trinajstić information content (AvgIpc) is 3.73. The molecule has 2 aliphatic rings. The number of rotatable bonds is 9. The van der Waals surface area contributed by atoms with Gasteiger partial charge >= 0.3 is 0 Å². The van der Waals surface area contributed by atoms with E-state index in [4.69, 9.17) is 25.8 Å². The molecule has 2 aliphatic heterocycles. The van der Waals surface area contributed by atoms with Crippen molar-refractivity contribution in [2.75, 3.05) is 37.7 Å². The normalized spacial score (nSPS) is 17.1. The summed E-state index contributed by atoms with van der Waals surface area (Å²) in [5, 5.41) is 13.0. The molecule has 13 nitrogen and oxygen atoms in total. The molecular weight excluding hydrogens is 602 g/mol. The van der Waals surface area contributed by atoms with Gasteiger partial charge in [-0.3, -0.25) is 14.4 Å². The molecule has 45 heavy (non-hydrogen) atoms. The number of hydrogen-bond acceptors (Lipinski definition) is 11. The van der Waals surface area contributed by atoms with Gasteiger partial charge in [0, 0.05) is 11.5 Å². The second-order valence-electron chi connectivity index (χ2n) is 12.0. The molecule has 1 saturated heterocycles. The molecule has 3 amide bonds. The minimum atomic E-state index is -1.06. The zero-order valence-electron chi connectivity index (χ0n) is 26.1. The van der Waals surface area contributed by atoms with Gasteiger partial charge in [-0.15, -0.1) is 0 Å². The van der Waals surface area contributed by atoms with Crippen LogP contribution in [-0.2, 0) is 14.4 Å². The molecule has 3 aromatic rings. The van der Waals surface area contributed by atoms with Crippen LogP contribution >= 0.6 is 11.6 Å². The predicted molar refractivity (Wildman–Crippen MR) is 170 cm³/mol. The zero-order chi connectivity index (χ0) is 32.5. The highest BCUT2D eigenvalue weighted by molar-refractivity contribution is 6.34. The summed E-state index contributed by atoms with van der Waals surface area (Å²) >= 11 is 6.54. The third-order valence-electron chi connectivity index (χ3n) is 7.93. The van der Waals surface area contributed by atoms with E-state index in [1.54, 1.807) is 38.2 Å². The number of carbonyl (C=O) groups is 3. The quantitative estimate of drug-likeness (QED) is 0.272. The van der Waals surface area contributed by atoms with E-state index in [1.807, 2.05) is 20.8 Å². The SMILES string of the molecule is CN[C@@H](C)C(=O)N[C@H](C(=O)N(C(=O)[C@@H]1CCCN1)c1cc2c(Nc3c(Cl)ccc4c3OCO4)ncnc2cc1OC)C(C)(C)C. The monoisotopic (exact) mass is 639 g/mol. The summed E-state index contributed by atoms with van der Waals surface area (Å²) in [6.07, 6.45) is 2.71. The van der Waals surface area contributed by atoms with Crippen molar-refractivity contribution in [3.8, 4) is 17.2 Å². The van der Waals surface area contributed by atoms with E-state index in [1.165, 1.54) is 13.4 Å². The van der Waals surface area contributed by atoms with Gasteiger partial charge in [-0.1, -0.05) is 32.4 Å². The van der Waals surface area contributed by atoms with Gasteiger partial charge in [0.05, 0.1) is 35.4 Å². The lowest BCUT2D eigenvalue weighted by Gasteiger charge is -2.36. The fraction of sp³-hybridized carbons (Fsp3) is 0.452. The Kier molecular flexibility index (Phi) is 9.33. The highest BCUT2D eigenvalue weighted by Crippen LogP contribution is 2.45. The number of aromatic nitrogens is 2. The van der Waals surface area contributed by atoms with E-state index in [-0.39, 0.29) is 24.1 Å². The molecule has 14 heteroatoms. The number of hydrogen-bond donors (Lipinski definition) is 4. The molecule has 3 atom stereocenters. The van der Waals surface area contributed by atoms with Gasteiger partial charge in [0.1, 0.15) is 29.6 Å². The fourth-order valence-electron chi connectivity index (χ4n) is 5.27. The van der Waals surface area contributed by atoms with E-state index in [2.05, 4.69) is 31.2 Å². The Morgan fingerprint density at radius 2 is 1.96 bits per heavy atom. The lowest BCUT2D eigenvalue weighted by molar-refractivity contribution is -0.134. The van der Waals surface area contributed by atoms with E-state index >= 15 is 0 Å². The second kappa shape index (κ2) is 13.0. The molecule has 0 aliphatic carbocycles. The lowest BCUT2D eigenvalue weighted by atomic mass is 9.85. The molecule has 3 heterocycles. The van der Waals surface area contributed by atoms with Crippen LogP contribution < -0.4 is 40.4 Å². The number of nitrogens with one attached hydrogen (secondary N) is 4. The maximum Gasteiger partial charge on any atom is 0.257 e. The van der Waals surface area contributed by atoms with Crippen LogP contribution in [0.25, 0.3) is 10.9 Å². The summed E-state index contributed by atoms with van der Waals surface area (Å²) in [5.74, 6) is 0.110. The maximum atomic E-state index is 14.6. The third kappa shape index (κ3) is 6.46. The topological polar surface area (TPSA) is 156 Å². The summed E-state index contributed by atoms with van der Waals surface area (Å²) in [6, 6.07) is 4.44. The number of ether oxygens (including phenoxy) is 3. The molecule has 0 unspecified atom stereocenters. The Bertz CT molecular complexity index is 1620. The summed E-state index contributed by atoms with van der Waals surface area (Å²) in [7, 11) is 3.11. The summed E-state index contributed by atoms with van der Waals surface area (Å²) in [6.45, 7) is 7.87. The fourth-order valence-corrected chi connectivity index (χ4v) is 5.46. The Morgan fingerprint density at radius 3 is 2.62 bits per heavy atom. The summed E-state index contributed by atoms with van der Waals surface area (Å²) in [5.41, 5.74) is 0.350. The van der Waals surface area contributed by atoms with Gasteiger partial charge in [0.15, 0.2) is 11.5 Å². The smallest absolute Gasteiger partial charge is 0.257 e. The number of amides is 3. The molecule has 0 radical (unpaired) electrons. The molecule has 0 saturated carbocycles. The molecule has 4 N–H and O–H groups in total. The minimum absolute atomic E-state index is 0.0448. The molecule has 1 fully saturated rings. The number of anilines is 3. The van der Waals surface area contributed by atoms with Gasteiger partial charge in [-0.05, 0) is 57.0 Å². The molecule has 5 rings (SSSR count). The number of fused-ring (bicyclic) bond motifs is 2. The number of halogens is 1. The number of methoxy groups -OCH3 is 1. The standard InChI is InChI=1S/C31H38ClN7O6/c1-16(33-5)28(40)38-26(31(2,3)4)30(42)39(29(41)19-8-7-11-34-19)21-12-17-20(13-23(21)43-6)35-14-36-27(17)37-24-18(32)9-10-22-25(24)45-15-44-22/h9-10,12-14,16,19,26,33-34H,7-8,11,15H2,1-6H3,(H,38,40)(H,35,36,37)/t16-,19-,26+/m0/s1. The number of carbonyl (C=O) groups excluding carboxylic acids is 3. The van der Waals surface area contributed by atoms with Crippen LogP contribution in [0.3, 0.4) is 0 Å². The largest absolute Gasteiger partial charge is 0.494 e. The van der Waals surface area contributed by atoms with Crippen molar-refractivity contribution in [3.63, 3.8) is 0 Å². The number of nitrogens with zero attached hydrogens (tertiary/aromatic N) is 3. The molecular formula is C31H38ClN7O6. The number of benzene rings is 2. The van der Waals surface area contributed by atoms with Gasteiger partial charge in [0.2, 0.25) is 12.7 Å². The van der Waals surface area contributed by atoms with Gasteiger partial charge in [-0.25, -0.2) is 14.9 Å². The van der Waals surface area contributed by atoms with Crippen molar-refractivity contribution < 1.29 is 28.6 Å². The van der Waals surface area contributed by atoms with Crippen molar-refractivity contribution in [2.45, 2.75) is 58.7 Å². The first-order valence-corrected chi connectivity index (χ1v) is 15.1. The Hall–Kier alpha value is -4.20. The average molecular weight is 640 g/mol. The molecule has 240 valence electrons. The van der Waals surface area contributed by atoms with Crippen LogP contribution in [0.15, 0.2) is 30.6 Å². The lowest BCUT2D eigenvalue weighted by Crippen LogP contribution is -2.60. The minimum Gasteiger partial charge on any atom is -0.494 e. The summed E-state index contributed by atoms with van der Waals surface area (Å²) in [4.78, 5) is 51.8. The first kappa shape index (κ1) is 32.2. The van der Waals surface area contributed by atoms with Crippen molar-refractivity contribution in [2.24, 2.45) is 5.41 Å². The Morgan fingerprint density at radius 1 is 1.18 bits per heavy atom. The van der Waals surface area contributed by atoms with E-state index in [9.17, 15) is 14.4 Å². The van der Waals surface area contributed by atoms with Crippen molar-refractivity contribution >= 4 is 57.4 Å². The van der Waals surface area contributed by atoms with Crippen LogP contribution in [0.2, 0.25) is 5.02 Å². The molecule has 1 aromatic heterocycles. The zero-order valence-corrected chi connectivity index (χ0v) is 26.9. The molecule has 0 spiro atoms. The predicted octanol–water partition coefficient (Wildman–Crippen LogP) is 3.51. The van der Waals surface area contributed by atoms with Crippen molar-refractivity contribution in [3.05, 3.63) is 35.6 Å². The number of likely N-dealkylation sites (N-methyl/N-ethyl adjacent to an activating group) is 1. The first-order valence-electron chi connectivity index (χ1n) is 14.7. The second-order valence-corrected chi connectivity index (χ2v) is 12.4. The van der Waals surface area contributed by atoms with E-state index < -0.39 is 35.4 Å². The third-order valence-corrected chi connectivity index (χ3v) is 8.25. The molecule has 0 bridgehead atoms. The van der Waals surface area contributed by atoms with Gasteiger partial charge in [-0.2, -0.15) is 0 Å². The van der Waals surface area contributed by atoms with Crippen LogP contribution in [0.1, 0.15) is 40.5 Å². The van der Waals surface area contributed by atoms with Crippen LogP contribution in [0.5, 0.6) is 17.2 Å². The van der Waals surface area contributed by atoms with Crippen LogP contribution in [0.4, 0.5) is 17.2 Å². The maximum absolute atomic E-state index is 14.6. The highest BCUT2D eigenvalue weighted by Gasteiger charge is 2.42. The van der Waals surface area contributed by atoms with E-state index in [0.29, 0.717) is 51.9 Å². The number of imide groups is 1. The van der Waals surface area contributed by atoms with Gasteiger partial charge < -0.3 is 35.5 Å². The van der Waals surface area contributed by atoms with E-state index in [0.717, 1.165) is 11.3 Å². The van der Waals surface area contributed by atoms with Crippen molar-refractivity contribution in [1.29, 1.82) is 0 Å². The molecule has 2 aromatic carbocycles. The van der Waals surface area contributed by atoms with Crippen molar-refractivity contribution in [1.82, 2.24) is 25.9 Å². The Balaban J connectivity index is 1.65.